The van der Waals surface area contributed by atoms with Gasteiger partial charge in [0.2, 0.25) is 0 Å². The SMILES string of the molecule is Cc1cccnc1C(=O)CCC(=O)C1=CC2OC(O)COC2C=C1. The normalized spacial score (nSPS) is 25.8. The van der Waals surface area contributed by atoms with Gasteiger partial charge in [0.15, 0.2) is 17.9 Å². The highest BCUT2D eigenvalue weighted by atomic mass is 16.7. The molecule has 3 unspecified atom stereocenters. The molecule has 6 nitrogen and oxygen atoms in total. The molecule has 1 saturated heterocycles. The second-order valence-electron chi connectivity index (χ2n) is 5.85. The number of carbonyl (C=O) groups excluding carboxylic acids is 2. The number of nitrogens with zero attached hydrogens (tertiary/aromatic N) is 1. The van der Waals surface area contributed by atoms with E-state index in [2.05, 4.69) is 4.98 Å². The summed E-state index contributed by atoms with van der Waals surface area (Å²) < 4.78 is 10.8. The van der Waals surface area contributed by atoms with Crippen LogP contribution in [0.3, 0.4) is 0 Å². The zero-order chi connectivity index (χ0) is 17.1. The second kappa shape index (κ2) is 7.17. The van der Waals surface area contributed by atoms with Crippen molar-refractivity contribution in [3.63, 3.8) is 0 Å². The first-order chi connectivity index (χ1) is 11.5. The summed E-state index contributed by atoms with van der Waals surface area (Å²) in [6.07, 6.45) is 5.09. The van der Waals surface area contributed by atoms with Gasteiger partial charge in [-0.25, -0.2) is 0 Å². The molecule has 1 aliphatic carbocycles. The van der Waals surface area contributed by atoms with E-state index in [0.29, 0.717) is 11.3 Å². The predicted octanol–water partition coefficient (Wildman–Crippen LogP) is 1.52. The third kappa shape index (κ3) is 3.67. The standard InChI is InChI=1S/C18H19NO5/c1-11-3-2-8-19-18(11)14(21)6-5-13(20)12-4-7-15-16(9-12)24-17(22)10-23-15/h2-4,7-9,15-17,22H,5-6,10H2,1H3. The van der Waals surface area contributed by atoms with E-state index in [1.165, 1.54) is 0 Å². The molecular weight excluding hydrogens is 310 g/mol. The summed E-state index contributed by atoms with van der Waals surface area (Å²) in [5.74, 6) is -0.289. The van der Waals surface area contributed by atoms with E-state index in [1.54, 1.807) is 30.5 Å². The van der Waals surface area contributed by atoms with Crippen LogP contribution in [0.2, 0.25) is 0 Å². The number of hydrogen-bond acceptors (Lipinski definition) is 6. The van der Waals surface area contributed by atoms with Crippen LogP contribution in [0.1, 0.15) is 28.9 Å². The van der Waals surface area contributed by atoms with Crippen molar-refractivity contribution in [2.24, 2.45) is 0 Å². The number of ether oxygens (including phenoxy) is 2. The van der Waals surface area contributed by atoms with Crippen molar-refractivity contribution in [3.05, 3.63) is 53.4 Å². The first-order valence-corrected chi connectivity index (χ1v) is 7.88. The largest absolute Gasteiger partial charge is 0.366 e. The lowest BCUT2D eigenvalue weighted by molar-refractivity contribution is -0.226. The molecule has 24 heavy (non-hydrogen) atoms. The maximum atomic E-state index is 12.3. The number of fused-ring (bicyclic) bond motifs is 1. The fourth-order valence-corrected chi connectivity index (χ4v) is 2.77. The number of aliphatic hydroxyl groups is 1. The van der Waals surface area contributed by atoms with Gasteiger partial charge < -0.3 is 14.6 Å². The zero-order valence-electron chi connectivity index (χ0n) is 13.3. The van der Waals surface area contributed by atoms with Gasteiger partial charge >= 0.3 is 0 Å². The third-order valence-electron chi connectivity index (χ3n) is 4.05. The summed E-state index contributed by atoms with van der Waals surface area (Å²) >= 11 is 0. The maximum Gasteiger partial charge on any atom is 0.181 e. The van der Waals surface area contributed by atoms with Crippen LogP contribution in [0.25, 0.3) is 0 Å². The van der Waals surface area contributed by atoms with E-state index < -0.39 is 12.4 Å². The van der Waals surface area contributed by atoms with Gasteiger partial charge in [-0.1, -0.05) is 18.2 Å². The maximum absolute atomic E-state index is 12.3. The average molecular weight is 329 g/mol. The Morgan fingerprint density at radius 2 is 2.08 bits per heavy atom. The number of allylic oxidation sites excluding steroid dienone is 2. The molecule has 0 spiro atoms. The summed E-state index contributed by atoms with van der Waals surface area (Å²) in [6, 6.07) is 3.59. The Balaban J connectivity index is 1.60. The van der Waals surface area contributed by atoms with Crippen LogP contribution in [-0.2, 0) is 14.3 Å². The summed E-state index contributed by atoms with van der Waals surface area (Å²) in [7, 11) is 0. The Kier molecular flexibility index (Phi) is 4.99. The molecule has 1 N–H and O–H groups in total. The van der Waals surface area contributed by atoms with Gasteiger partial charge in [0, 0.05) is 24.6 Å². The van der Waals surface area contributed by atoms with Crippen LogP contribution in [-0.4, -0.2) is 46.8 Å². The summed E-state index contributed by atoms with van der Waals surface area (Å²) in [6.45, 7) is 1.93. The second-order valence-corrected chi connectivity index (χ2v) is 5.85. The van der Waals surface area contributed by atoms with Gasteiger partial charge in [-0.3, -0.25) is 14.6 Å². The molecule has 1 aromatic heterocycles. The average Bonchev–Trinajstić information content (AvgIpc) is 2.59. The van der Waals surface area contributed by atoms with Gasteiger partial charge in [0.25, 0.3) is 0 Å². The molecule has 2 heterocycles. The van der Waals surface area contributed by atoms with Crippen LogP contribution >= 0.6 is 0 Å². The Labute approximate surface area is 139 Å². The number of ketones is 2. The topological polar surface area (TPSA) is 85.7 Å². The number of aromatic nitrogens is 1. The van der Waals surface area contributed by atoms with Crippen LogP contribution in [0, 0.1) is 6.92 Å². The highest BCUT2D eigenvalue weighted by Crippen LogP contribution is 2.23. The molecule has 0 bridgehead atoms. The molecule has 0 aromatic carbocycles. The first-order valence-electron chi connectivity index (χ1n) is 7.88. The van der Waals surface area contributed by atoms with Crippen molar-refractivity contribution in [2.75, 3.05) is 6.61 Å². The minimum Gasteiger partial charge on any atom is -0.366 e. The Bertz CT molecular complexity index is 709. The van der Waals surface area contributed by atoms with Crippen molar-refractivity contribution in [1.29, 1.82) is 0 Å². The van der Waals surface area contributed by atoms with Crippen molar-refractivity contribution in [1.82, 2.24) is 4.98 Å². The van der Waals surface area contributed by atoms with Gasteiger partial charge in [-0.05, 0) is 24.6 Å². The smallest absolute Gasteiger partial charge is 0.181 e. The van der Waals surface area contributed by atoms with Crippen LogP contribution in [0.15, 0.2) is 42.1 Å². The number of Topliss-reactive ketones (excluding diaryl/α,β-unsaturated/α-hetero) is 2. The minimum absolute atomic E-state index is 0.103. The molecule has 0 amide bonds. The lowest BCUT2D eigenvalue weighted by atomic mass is 9.95. The van der Waals surface area contributed by atoms with E-state index >= 15 is 0 Å². The molecule has 3 rings (SSSR count). The monoisotopic (exact) mass is 329 g/mol. The number of aliphatic hydroxyl groups excluding tert-OH is 1. The van der Waals surface area contributed by atoms with E-state index in [4.69, 9.17) is 9.47 Å². The van der Waals surface area contributed by atoms with Gasteiger partial charge in [-0.2, -0.15) is 0 Å². The molecule has 1 aromatic rings. The molecule has 3 atom stereocenters. The number of rotatable bonds is 5. The van der Waals surface area contributed by atoms with E-state index in [-0.39, 0.29) is 37.1 Å². The molecule has 0 saturated carbocycles. The Morgan fingerprint density at radius 3 is 2.88 bits per heavy atom. The number of aryl methyl sites for hydroxylation is 1. The Hall–Kier alpha value is -2.15. The Morgan fingerprint density at radius 1 is 1.29 bits per heavy atom. The van der Waals surface area contributed by atoms with Crippen molar-refractivity contribution < 1.29 is 24.2 Å². The van der Waals surface area contributed by atoms with Crippen molar-refractivity contribution in [2.45, 2.75) is 38.3 Å². The van der Waals surface area contributed by atoms with E-state index in [1.807, 2.05) is 13.0 Å². The quantitative estimate of drug-likeness (QED) is 0.824. The zero-order valence-corrected chi connectivity index (χ0v) is 13.3. The fourth-order valence-electron chi connectivity index (χ4n) is 2.77. The summed E-state index contributed by atoms with van der Waals surface area (Å²) in [5.41, 5.74) is 1.68. The van der Waals surface area contributed by atoms with Crippen LogP contribution in [0.5, 0.6) is 0 Å². The number of carbonyl (C=O) groups is 2. The highest BCUT2D eigenvalue weighted by Gasteiger charge is 2.31. The summed E-state index contributed by atoms with van der Waals surface area (Å²) in [4.78, 5) is 28.6. The number of hydrogen-bond donors (Lipinski definition) is 1. The van der Waals surface area contributed by atoms with Gasteiger partial charge in [0.05, 0.1) is 6.61 Å². The van der Waals surface area contributed by atoms with Gasteiger partial charge in [-0.15, -0.1) is 0 Å². The van der Waals surface area contributed by atoms with Crippen LogP contribution in [0.4, 0.5) is 0 Å². The van der Waals surface area contributed by atoms with Gasteiger partial charge in [0.1, 0.15) is 17.9 Å². The molecule has 0 radical (unpaired) electrons. The third-order valence-corrected chi connectivity index (χ3v) is 4.05. The fraction of sp³-hybridized carbons (Fsp3) is 0.389. The van der Waals surface area contributed by atoms with E-state index in [9.17, 15) is 14.7 Å². The summed E-state index contributed by atoms with van der Waals surface area (Å²) in [5, 5.41) is 9.46. The number of pyridine rings is 1. The molecular formula is C18H19NO5. The molecule has 126 valence electrons. The molecule has 1 aliphatic heterocycles. The lowest BCUT2D eigenvalue weighted by Gasteiger charge is -2.33. The first kappa shape index (κ1) is 16.7. The lowest BCUT2D eigenvalue weighted by Crippen LogP contribution is -2.42. The van der Waals surface area contributed by atoms with Crippen molar-refractivity contribution >= 4 is 11.6 Å². The van der Waals surface area contributed by atoms with E-state index in [0.717, 1.165) is 5.56 Å². The van der Waals surface area contributed by atoms with Crippen molar-refractivity contribution in [3.8, 4) is 0 Å². The van der Waals surface area contributed by atoms with Crippen LogP contribution < -0.4 is 0 Å². The molecule has 2 aliphatic rings. The minimum atomic E-state index is -0.987. The molecule has 1 fully saturated rings. The highest BCUT2D eigenvalue weighted by molar-refractivity contribution is 6.03. The molecule has 6 heteroatoms. The predicted molar refractivity (Wildman–Crippen MR) is 85.4 cm³/mol.